The molecule has 3 rings (SSSR count). The first kappa shape index (κ1) is 25.9. The summed E-state index contributed by atoms with van der Waals surface area (Å²) in [5.41, 5.74) is 2.46. The maximum absolute atomic E-state index is 13.6. The second kappa shape index (κ2) is 11.2. The largest absolute Gasteiger partial charge is 0.481 e. The average Bonchev–Trinajstić information content (AvgIpc) is 3.22. The van der Waals surface area contributed by atoms with E-state index < -0.39 is 24.6 Å². The summed E-state index contributed by atoms with van der Waals surface area (Å²) in [6.07, 6.45) is 1.66. The highest BCUT2D eigenvalue weighted by molar-refractivity contribution is 5.75. The van der Waals surface area contributed by atoms with Gasteiger partial charge in [0.15, 0.2) is 0 Å². The number of hydrogen-bond acceptors (Lipinski definition) is 8. The number of carbonyl (C=O) groups is 1. The summed E-state index contributed by atoms with van der Waals surface area (Å²) < 4.78 is 15.2. The van der Waals surface area contributed by atoms with E-state index in [9.17, 15) is 19.4 Å². The van der Waals surface area contributed by atoms with E-state index >= 15 is 0 Å². The number of aryl methyl sites for hydroxylation is 1. The number of nitrogens with zero attached hydrogens (tertiary/aromatic N) is 6. The number of aromatic nitrogens is 5. The summed E-state index contributed by atoms with van der Waals surface area (Å²) in [4.78, 5) is 26.2. The molecule has 0 aliphatic carbocycles. The van der Waals surface area contributed by atoms with E-state index in [-0.39, 0.29) is 18.2 Å². The van der Waals surface area contributed by atoms with Gasteiger partial charge in [0.25, 0.3) is 0 Å². The molecule has 35 heavy (non-hydrogen) atoms. The third kappa shape index (κ3) is 6.46. The molecule has 2 heterocycles. The van der Waals surface area contributed by atoms with Crippen molar-refractivity contribution in [2.75, 3.05) is 11.9 Å². The van der Waals surface area contributed by atoms with Crippen LogP contribution in [0.3, 0.4) is 0 Å². The molecule has 2 aromatic heterocycles. The summed E-state index contributed by atoms with van der Waals surface area (Å²) in [7, 11) is 3.52. The highest BCUT2D eigenvalue weighted by Crippen LogP contribution is 2.32. The van der Waals surface area contributed by atoms with Crippen LogP contribution < -0.4 is 4.90 Å². The quantitative estimate of drug-likeness (QED) is 0.396. The second-order valence-electron chi connectivity index (χ2n) is 8.49. The zero-order valence-electron chi connectivity index (χ0n) is 20.0. The zero-order chi connectivity index (χ0) is 25.7. The summed E-state index contributed by atoms with van der Waals surface area (Å²) in [6, 6.07) is 5.89. The molecular formula is C24H29FN6O4. The van der Waals surface area contributed by atoms with Crippen LogP contribution in [-0.2, 0) is 11.8 Å². The maximum Gasteiger partial charge on any atom is 0.305 e. The molecule has 0 unspecified atom stereocenters. The molecule has 0 spiro atoms. The highest BCUT2D eigenvalue weighted by atomic mass is 19.1. The fourth-order valence-corrected chi connectivity index (χ4v) is 3.59. The van der Waals surface area contributed by atoms with Crippen molar-refractivity contribution in [2.45, 2.75) is 44.8 Å². The summed E-state index contributed by atoms with van der Waals surface area (Å²) in [5.74, 6) is -0.693. The van der Waals surface area contributed by atoms with Crippen molar-refractivity contribution in [3.05, 3.63) is 53.7 Å². The predicted molar refractivity (Wildman–Crippen MR) is 128 cm³/mol. The van der Waals surface area contributed by atoms with E-state index in [2.05, 4.69) is 10.1 Å². The Hall–Kier alpha value is -3.70. The fraction of sp³-hybridized carbons (Fsp3) is 0.375. The van der Waals surface area contributed by atoms with E-state index in [4.69, 9.17) is 15.1 Å². The van der Waals surface area contributed by atoms with Gasteiger partial charge in [-0.2, -0.15) is 10.1 Å². The van der Waals surface area contributed by atoms with E-state index in [1.807, 2.05) is 13.8 Å². The van der Waals surface area contributed by atoms with Gasteiger partial charge in [-0.3, -0.25) is 9.69 Å². The lowest BCUT2D eigenvalue weighted by molar-refractivity contribution is -0.139. The molecule has 0 amide bonds. The topological polar surface area (TPSA) is 137 Å². The van der Waals surface area contributed by atoms with E-state index in [0.717, 1.165) is 0 Å². The number of hydrogen-bond donors (Lipinski definition) is 3. The number of benzene rings is 1. The average molecular weight is 485 g/mol. The van der Waals surface area contributed by atoms with Crippen LogP contribution in [0.1, 0.15) is 43.9 Å². The Kier molecular flexibility index (Phi) is 8.26. The number of carboxylic acid groups (broad SMARTS) is 1. The van der Waals surface area contributed by atoms with Crippen molar-refractivity contribution in [1.82, 2.24) is 24.7 Å². The van der Waals surface area contributed by atoms with Crippen LogP contribution in [0.25, 0.3) is 17.3 Å². The number of aliphatic carboxylic acids is 1. The third-order valence-corrected chi connectivity index (χ3v) is 5.32. The molecule has 2 atom stereocenters. The Morgan fingerprint density at radius 3 is 2.46 bits per heavy atom. The number of carboxylic acids is 1. The molecule has 0 radical (unpaired) electrons. The Bertz CT molecular complexity index is 1200. The lowest BCUT2D eigenvalue weighted by Crippen LogP contribution is -2.20. The van der Waals surface area contributed by atoms with Gasteiger partial charge >= 0.3 is 5.97 Å². The van der Waals surface area contributed by atoms with Gasteiger partial charge < -0.3 is 15.3 Å². The Morgan fingerprint density at radius 2 is 1.89 bits per heavy atom. The molecule has 11 heteroatoms. The van der Waals surface area contributed by atoms with Crippen LogP contribution in [0, 0.1) is 5.82 Å². The standard InChI is InChI=1S/C24H29FN6O4/c1-14(2)21-19(10-9-17(32)11-18(33)12-20(34)35)22(15-5-7-16(25)8-6-15)29-23(28-21)30(3)24-26-13-27-31(24)4/h5-10,13-14,17-18,32-33H,11-12H2,1-4H3,(H,34,35)/t17-,18-/m1/s1. The first-order chi connectivity index (χ1) is 16.6. The molecular weight excluding hydrogens is 455 g/mol. The second-order valence-corrected chi connectivity index (χ2v) is 8.49. The van der Waals surface area contributed by atoms with Crippen molar-refractivity contribution in [2.24, 2.45) is 7.05 Å². The summed E-state index contributed by atoms with van der Waals surface area (Å²) in [6.45, 7) is 3.93. The van der Waals surface area contributed by atoms with Gasteiger partial charge in [0, 0.05) is 31.6 Å². The van der Waals surface area contributed by atoms with E-state index in [1.165, 1.54) is 24.5 Å². The molecule has 0 fully saturated rings. The lowest BCUT2D eigenvalue weighted by atomic mass is 9.97. The highest BCUT2D eigenvalue weighted by Gasteiger charge is 2.21. The SMILES string of the molecule is CC(C)c1nc(N(C)c2ncnn2C)nc(-c2ccc(F)cc2)c1C=C[C@@H](O)C[C@@H](O)CC(=O)O. The summed E-state index contributed by atoms with van der Waals surface area (Å²) in [5, 5.41) is 33.1. The maximum atomic E-state index is 13.6. The minimum absolute atomic E-state index is 0.0433. The molecule has 0 aliphatic rings. The third-order valence-electron chi connectivity index (χ3n) is 5.32. The first-order valence-electron chi connectivity index (χ1n) is 11.1. The van der Waals surface area contributed by atoms with E-state index in [0.29, 0.717) is 34.4 Å². The molecule has 3 N–H and O–H groups in total. The van der Waals surface area contributed by atoms with Crippen molar-refractivity contribution >= 4 is 23.9 Å². The van der Waals surface area contributed by atoms with Crippen molar-refractivity contribution in [1.29, 1.82) is 0 Å². The van der Waals surface area contributed by atoms with Crippen LogP contribution in [0.2, 0.25) is 0 Å². The smallest absolute Gasteiger partial charge is 0.305 e. The zero-order valence-corrected chi connectivity index (χ0v) is 20.0. The predicted octanol–water partition coefficient (Wildman–Crippen LogP) is 2.90. The minimum Gasteiger partial charge on any atom is -0.481 e. The van der Waals surface area contributed by atoms with Crippen LogP contribution >= 0.6 is 0 Å². The van der Waals surface area contributed by atoms with E-state index in [1.54, 1.807) is 41.9 Å². The van der Waals surface area contributed by atoms with Crippen LogP contribution in [0.4, 0.5) is 16.3 Å². The molecule has 0 saturated heterocycles. The van der Waals surface area contributed by atoms with Gasteiger partial charge in [0.05, 0.1) is 30.0 Å². The van der Waals surface area contributed by atoms with Gasteiger partial charge in [-0.05, 0) is 30.2 Å². The molecule has 0 bridgehead atoms. The molecule has 0 aliphatic heterocycles. The van der Waals surface area contributed by atoms with Gasteiger partial charge in [-0.1, -0.05) is 26.0 Å². The molecule has 186 valence electrons. The number of halogens is 1. The van der Waals surface area contributed by atoms with Crippen LogP contribution in [0.15, 0.2) is 36.7 Å². The Morgan fingerprint density at radius 1 is 1.20 bits per heavy atom. The number of aliphatic hydroxyl groups excluding tert-OH is 2. The van der Waals surface area contributed by atoms with Gasteiger partial charge in [0.1, 0.15) is 12.1 Å². The van der Waals surface area contributed by atoms with Gasteiger partial charge in [-0.25, -0.2) is 19.0 Å². The van der Waals surface area contributed by atoms with Crippen molar-refractivity contribution < 1.29 is 24.5 Å². The monoisotopic (exact) mass is 484 g/mol. The van der Waals surface area contributed by atoms with Gasteiger partial charge in [-0.15, -0.1) is 0 Å². The Balaban J connectivity index is 2.09. The Labute approximate surface area is 202 Å². The number of aliphatic hydroxyl groups is 2. The summed E-state index contributed by atoms with van der Waals surface area (Å²) >= 11 is 0. The lowest BCUT2D eigenvalue weighted by Gasteiger charge is -2.21. The molecule has 0 saturated carbocycles. The first-order valence-corrected chi connectivity index (χ1v) is 11.1. The number of anilines is 2. The van der Waals surface area contributed by atoms with Gasteiger partial charge in [0.2, 0.25) is 11.9 Å². The molecule has 10 nitrogen and oxygen atoms in total. The van der Waals surface area contributed by atoms with Crippen LogP contribution in [0.5, 0.6) is 0 Å². The molecule has 1 aromatic carbocycles. The van der Waals surface area contributed by atoms with Crippen molar-refractivity contribution in [3.63, 3.8) is 0 Å². The van der Waals surface area contributed by atoms with Crippen LogP contribution in [-0.4, -0.2) is 65.3 Å². The minimum atomic E-state index is -1.19. The molecule has 3 aromatic rings. The van der Waals surface area contributed by atoms with Crippen molar-refractivity contribution in [3.8, 4) is 11.3 Å². The fourth-order valence-electron chi connectivity index (χ4n) is 3.59. The number of rotatable bonds is 10. The normalized spacial score (nSPS) is 13.4.